The van der Waals surface area contributed by atoms with Gasteiger partial charge in [0.05, 0.1) is 0 Å². The number of aromatic amines is 1. The summed E-state index contributed by atoms with van der Waals surface area (Å²) >= 11 is 0. The first-order valence-corrected chi connectivity index (χ1v) is 4.45. The molecule has 1 heterocycles. The first-order chi connectivity index (χ1) is 5.80. The van der Waals surface area contributed by atoms with Gasteiger partial charge in [-0.3, -0.25) is 4.79 Å². The summed E-state index contributed by atoms with van der Waals surface area (Å²) in [5.74, 6) is 0. The number of pyridine rings is 1. The Morgan fingerprint density at radius 1 is 1.17 bits per heavy atom. The predicted octanol–water partition coefficient (Wildman–Crippen LogP) is 2.74. The van der Waals surface area contributed by atoms with Gasteiger partial charge in [-0.05, 0) is 13.0 Å². The Morgan fingerprint density at radius 2 is 1.67 bits per heavy atom. The summed E-state index contributed by atoms with van der Waals surface area (Å²) in [7, 11) is 0. The lowest BCUT2D eigenvalue weighted by molar-refractivity contribution is 1.18. The molecule has 0 amide bonds. The zero-order valence-corrected chi connectivity index (χ0v) is 8.64. The molecular weight excluding hydrogens is 150 g/mol. The lowest BCUT2D eigenvalue weighted by atomic mass is 10.3. The molecule has 70 valence electrons. The lowest BCUT2D eigenvalue weighted by Crippen LogP contribution is -2.06. The van der Waals surface area contributed by atoms with Crippen molar-refractivity contribution in [2.75, 3.05) is 0 Å². The van der Waals surface area contributed by atoms with E-state index in [1.807, 2.05) is 27.7 Å². The molecule has 0 aliphatic heterocycles. The van der Waals surface area contributed by atoms with Gasteiger partial charge in [0.1, 0.15) is 0 Å². The minimum atomic E-state index is -0.00694. The molecule has 1 aromatic rings. The molecule has 0 aromatic carbocycles. The van der Waals surface area contributed by atoms with Gasteiger partial charge in [-0.25, -0.2) is 0 Å². The Balaban J connectivity index is 0. The Labute approximate surface area is 74.6 Å². The summed E-state index contributed by atoms with van der Waals surface area (Å²) in [5.41, 5.74) is 0.750. The third-order valence-electron chi connectivity index (χ3n) is 1.02. The summed E-state index contributed by atoms with van der Waals surface area (Å²) in [6.45, 7) is 9.78. The van der Waals surface area contributed by atoms with Crippen LogP contribution in [0.2, 0.25) is 0 Å². The maximum Gasteiger partial charge on any atom is 0.250 e. The molecule has 12 heavy (non-hydrogen) atoms. The van der Waals surface area contributed by atoms with Gasteiger partial charge in [-0.1, -0.05) is 33.8 Å². The van der Waals surface area contributed by atoms with E-state index in [0.717, 1.165) is 5.56 Å². The van der Waals surface area contributed by atoms with Crippen molar-refractivity contribution < 1.29 is 0 Å². The number of hydrogen-bond donors (Lipinski definition) is 1. The molecule has 0 aliphatic carbocycles. The zero-order valence-electron chi connectivity index (χ0n) is 8.64. The van der Waals surface area contributed by atoms with Gasteiger partial charge in [0.25, 0.3) is 5.56 Å². The van der Waals surface area contributed by atoms with Crippen LogP contribution in [0, 0.1) is 6.92 Å². The molecule has 0 unspecified atom stereocenters. The van der Waals surface area contributed by atoms with Crippen LogP contribution in [0.15, 0.2) is 23.1 Å². The second-order valence-electron chi connectivity index (χ2n) is 1.68. The van der Waals surface area contributed by atoms with Crippen LogP contribution in [-0.4, -0.2) is 4.98 Å². The summed E-state index contributed by atoms with van der Waals surface area (Å²) < 4.78 is 0. The Bertz CT molecular complexity index is 227. The van der Waals surface area contributed by atoms with Crippen molar-refractivity contribution in [1.82, 2.24) is 4.98 Å². The van der Waals surface area contributed by atoms with Gasteiger partial charge in [-0.2, -0.15) is 0 Å². The second kappa shape index (κ2) is 9.95. The standard InChI is InChI=1S/C6H7NO.2C2H6/c1-5-3-2-4-7-6(5)8;2*1-2/h2-4H,1H3,(H,7,8);2*1-2H3. The van der Waals surface area contributed by atoms with Crippen LogP contribution < -0.4 is 5.56 Å². The third kappa shape index (κ3) is 5.71. The number of rotatable bonds is 0. The highest BCUT2D eigenvalue weighted by molar-refractivity contribution is 5.05. The largest absolute Gasteiger partial charge is 0.329 e. The van der Waals surface area contributed by atoms with Gasteiger partial charge in [0.2, 0.25) is 0 Å². The van der Waals surface area contributed by atoms with Crippen molar-refractivity contribution in [2.45, 2.75) is 34.6 Å². The van der Waals surface area contributed by atoms with Gasteiger partial charge >= 0.3 is 0 Å². The van der Waals surface area contributed by atoms with Gasteiger partial charge in [-0.15, -0.1) is 0 Å². The van der Waals surface area contributed by atoms with Crippen LogP contribution in [0.25, 0.3) is 0 Å². The molecule has 0 atom stereocenters. The highest BCUT2D eigenvalue weighted by Gasteiger charge is 1.83. The fourth-order valence-electron chi connectivity index (χ4n) is 0.506. The summed E-state index contributed by atoms with van der Waals surface area (Å²) in [5, 5.41) is 0. The summed E-state index contributed by atoms with van der Waals surface area (Å²) in [4.78, 5) is 13.1. The van der Waals surface area contributed by atoms with Gasteiger partial charge in [0.15, 0.2) is 0 Å². The van der Waals surface area contributed by atoms with Crippen LogP contribution in [0.4, 0.5) is 0 Å². The summed E-state index contributed by atoms with van der Waals surface area (Å²) in [6, 6.07) is 3.58. The van der Waals surface area contributed by atoms with Gasteiger partial charge < -0.3 is 4.98 Å². The van der Waals surface area contributed by atoms with E-state index in [0.29, 0.717) is 0 Å². The molecule has 0 bridgehead atoms. The quantitative estimate of drug-likeness (QED) is 0.636. The summed E-state index contributed by atoms with van der Waals surface area (Å²) in [6.07, 6.45) is 1.62. The van der Waals surface area contributed by atoms with Crippen molar-refractivity contribution in [3.63, 3.8) is 0 Å². The fraction of sp³-hybridized carbons (Fsp3) is 0.500. The Hall–Kier alpha value is -1.05. The smallest absolute Gasteiger partial charge is 0.250 e. The molecule has 1 aromatic heterocycles. The minimum Gasteiger partial charge on any atom is -0.329 e. The maximum atomic E-state index is 10.6. The average Bonchev–Trinajstić information content (AvgIpc) is 2.17. The molecule has 0 aliphatic rings. The van der Waals surface area contributed by atoms with E-state index in [-0.39, 0.29) is 5.56 Å². The van der Waals surface area contributed by atoms with Gasteiger partial charge in [0, 0.05) is 11.8 Å². The number of hydrogen-bond acceptors (Lipinski definition) is 1. The normalized spacial score (nSPS) is 7.08. The van der Waals surface area contributed by atoms with Crippen LogP contribution in [0.5, 0.6) is 0 Å². The highest BCUT2D eigenvalue weighted by atomic mass is 16.1. The predicted molar refractivity (Wildman–Crippen MR) is 54.5 cm³/mol. The minimum absolute atomic E-state index is 0.00694. The number of aryl methyl sites for hydroxylation is 1. The average molecular weight is 169 g/mol. The molecule has 0 saturated carbocycles. The molecule has 2 nitrogen and oxygen atoms in total. The maximum absolute atomic E-state index is 10.6. The van der Waals surface area contributed by atoms with Crippen LogP contribution in [0.1, 0.15) is 33.3 Å². The van der Waals surface area contributed by atoms with Crippen LogP contribution in [0.3, 0.4) is 0 Å². The van der Waals surface area contributed by atoms with Crippen molar-refractivity contribution in [3.8, 4) is 0 Å². The van der Waals surface area contributed by atoms with Crippen molar-refractivity contribution in [2.24, 2.45) is 0 Å². The van der Waals surface area contributed by atoms with Crippen LogP contribution >= 0.6 is 0 Å². The van der Waals surface area contributed by atoms with E-state index in [2.05, 4.69) is 4.98 Å². The van der Waals surface area contributed by atoms with Crippen molar-refractivity contribution in [3.05, 3.63) is 34.2 Å². The Morgan fingerprint density at radius 3 is 1.92 bits per heavy atom. The van der Waals surface area contributed by atoms with E-state index < -0.39 is 0 Å². The second-order valence-corrected chi connectivity index (χ2v) is 1.68. The molecule has 0 spiro atoms. The third-order valence-corrected chi connectivity index (χ3v) is 1.02. The fourth-order valence-corrected chi connectivity index (χ4v) is 0.506. The Kier molecular flexibility index (Phi) is 11.2. The van der Waals surface area contributed by atoms with Crippen LogP contribution in [-0.2, 0) is 0 Å². The number of nitrogens with one attached hydrogen (secondary N) is 1. The van der Waals surface area contributed by atoms with E-state index in [1.165, 1.54) is 0 Å². The highest BCUT2D eigenvalue weighted by Crippen LogP contribution is 1.81. The van der Waals surface area contributed by atoms with Crippen molar-refractivity contribution >= 4 is 0 Å². The molecule has 0 radical (unpaired) electrons. The SMILES string of the molecule is CC.CC.Cc1ccc[nH]c1=O. The number of H-pyrrole nitrogens is 1. The van der Waals surface area contributed by atoms with E-state index in [1.54, 1.807) is 25.3 Å². The van der Waals surface area contributed by atoms with Crippen molar-refractivity contribution in [1.29, 1.82) is 0 Å². The lowest BCUT2D eigenvalue weighted by Gasteiger charge is -1.83. The van der Waals surface area contributed by atoms with E-state index in [4.69, 9.17) is 0 Å². The first kappa shape index (κ1) is 13.5. The monoisotopic (exact) mass is 169 g/mol. The first-order valence-electron chi connectivity index (χ1n) is 4.45. The zero-order chi connectivity index (χ0) is 9.98. The molecule has 2 heteroatoms. The molecule has 0 fully saturated rings. The topological polar surface area (TPSA) is 32.9 Å². The molecule has 1 rings (SSSR count). The van der Waals surface area contributed by atoms with E-state index >= 15 is 0 Å². The molecular formula is C10H19NO. The molecule has 1 N–H and O–H groups in total. The number of aromatic nitrogens is 1. The molecule has 0 saturated heterocycles. The van der Waals surface area contributed by atoms with E-state index in [9.17, 15) is 4.79 Å².